The molecule has 3 aromatic rings. The van der Waals surface area contributed by atoms with Crippen LogP contribution in [0.4, 0.5) is 17.2 Å². The maximum Gasteiger partial charge on any atom is 0.292 e. The number of benzene rings is 2. The third kappa shape index (κ3) is 3.52. The molecule has 1 aliphatic rings. The maximum atomic E-state index is 11.2. The van der Waals surface area contributed by atoms with Crippen LogP contribution in [-0.2, 0) is 6.54 Å². The summed E-state index contributed by atoms with van der Waals surface area (Å²) in [5.41, 5.74) is 7.73. The van der Waals surface area contributed by atoms with Crippen LogP contribution in [0.5, 0.6) is 0 Å². The molecule has 1 fully saturated rings. The topological polar surface area (TPSA) is 101 Å². The van der Waals surface area contributed by atoms with Gasteiger partial charge in [-0.15, -0.1) is 0 Å². The second-order valence-corrected chi connectivity index (χ2v) is 6.55. The Morgan fingerprint density at radius 1 is 1.00 bits per heavy atom. The van der Waals surface area contributed by atoms with Crippen LogP contribution in [0.3, 0.4) is 0 Å². The minimum absolute atomic E-state index is 0.150. The number of nitrogens with zero attached hydrogens (tertiary/aromatic N) is 5. The van der Waals surface area contributed by atoms with Crippen molar-refractivity contribution in [2.24, 2.45) is 0 Å². The monoisotopic (exact) mass is 364 g/mol. The molecule has 1 saturated heterocycles. The Morgan fingerprint density at radius 3 is 2.48 bits per heavy atom. The first-order chi connectivity index (χ1) is 13.1. The zero-order chi connectivity index (χ0) is 18.8. The van der Waals surface area contributed by atoms with E-state index in [9.17, 15) is 10.1 Å². The summed E-state index contributed by atoms with van der Waals surface area (Å²) in [5, 5.41) is 12.1. The average molecular weight is 364 g/mol. The number of piperazine rings is 1. The number of nitro groups is 1. The van der Waals surface area contributed by atoms with Crippen molar-refractivity contribution in [3.8, 4) is 0 Å². The number of nitrogen functional groups attached to an aromatic ring is 1. The standard InChI is InChI=1S/C19H20N6O2/c20-19-14-5-1-2-6-15(14)21-18(22-19)13-23-9-11-24(12-10-23)16-7-3-4-8-17(16)25(26)27/h1-8H,9-13H2,(H2,20,21,22). The Balaban J connectivity index is 1.45. The second kappa shape index (κ2) is 7.16. The number of nitrogens with two attached hydrogens (primary N) is 1. The highest BCUT2D eigenvalue weighted by Crippen LogP contribution is 2.28. The Kier molecular flexibility index (Phi) is 4.55. The Bertz CT molecular complexity index is 985. The van der Waals surface area contributed by atoms with Crippen LogP contribution >= 0.6 is 0 Å². The molecule has 27 heavy (non-hydrogen) atoms. The molecular weight excluding hydrogens is 344 g/mol. The molecule has 0 saturated carbocycles. The molecule has 2 aromatic carbocycles. The minimum Gasteiger partial charge on any atom is -0.383 e. The lowest BCUT2D eigenvalue weighted by Gasteiger charge is -2.35. The largest absolute Gasteiger partial charge is 0.383 e. The molecule has 138 valence electrons. The predicted molar refractivity (Wildman–Crippen MR) is 105 cm³/mol. The molecule has 8 heteroatoms. The van der Waals surface area contributed by atoms with Crippen LogP contribution < -0.4 is 10.6 Å². The quantitative estimate of drug-likeness (QED) is 0.560. The van der Waals surface area contributed by atoms with Gasteiger partial charge in [0.1, 0.15) is 17.3 Å². The molecule has 4 rings (SSSR count). The van der Waals surface area contributed by atoms with Crippen molar-refractivity contribution in [2.45, 2.75) is 6.54 Å². The van der Waals surface area contributed by atoms with Crippen molar-refractivity contribution in [2.75, 3.05) is 36.8 Å². The van der Waals surface area contributed by atoms with Gasteiger partial charge in [-0.1, -0.05) is 24.3 Å². The highest BCUT2D eigenvalue weighted by atomic mass is 16.6. The molecule has 1 aromatic heterocycles. The third-order valence-electron chi connectivity index (χ3n) is 4.84. The molecular formula is C19H20N6O2. The summed E-state index contributed by atoms with van der Waals surface area (Å²) in [6.07, 6.45) is 0. The number of nitro benzene ring substituents is 1. The normalized spacial score (nSPS) is 15.2. The van der Waals surface area contributed by atoms with Crippen LogP contribution in [0.25, 0.3) is 10.9 Å². The van der Waals surface area contributed by atoms with E-state index < -0.39 is 0 Å². The van der Waals surface area contributed by atoms with Crippen LogP contribution in [0.2, 0.25) is 0 Å². The number of rotatable bonds is 4. The summed E-state index contributed by atoms with van der Waals surface area (Å²) >= 11 is 0. The van der Waals surface area contributed by atoms with Crippen LogP contribution in [0.1, 0.15) is 5.82 Å². The molecule has 0 atom stereocenters. The number of fused-ring (bicyclic) bond motifs is 1. The average Bonchev–Trinajstić information content (AvgIpc) is 2.69. The molecule has 0 spiro atoms. The van der Waals surface area contributed by atoms with Crippen LogP contribution in [-0.4, -0.2) is 46.0 Å². The molecule has 0 radical (unpaired) electrons. The fourth-order valence-corrected chi connectivity index (χ4v) is 3.45. The Hall–Kier alpha value is -3.26. The van der Waals surface area contributed by atoms with E-state index in [0.717, 1.165) is 24.0 Å². The van der Waals surface area contributed by atoms with Gasteiger partial charge in [0, 0.05) is 37.6 Å². The fourth-order valence-electron chi connectivity index (χ4n) is 3.45. The van der Waals surface area contributed by atoms with Gasteiger partial charge in [-0.25, -0.2) is 9.97 Å². The van der Waals surface area contributed by atoms with Gasteiger partial charge in [-0.2, -0.15) is 0 Å². The molecule has 0 amide bonds. The first kappa shape index (κ1) is 17.2. The van der Waals surface area contributed by atoms with Gasteiger partial charge in [-0.3, -0.25) is 15.0 Å². The van der Waals surface area contributed by atoms with Crippen molar-refractivity contribution in [3.63, 3.8) is 0 Å². The van der Waals surface area contributed by atoms with Gasteiger partial charge in [0.15, 0.2) is 0 Å². The van der Waals surface area contributed by atoms with Crippen molar-refractivity contribution in [1.29, 1.82) is 0 Å². The molecule has 2 heterocycles. The van der Waals surface area contributed by atoms with Gasteiger partial charge in [0.2, 0.25) is 0 Å². The highest BCUT2D eigenvalue weighted by molar-refractivity contribution is 5.87. The first-order valence-electron chi connectivity index (χ1n) is 8.83. The number of hydrogen-bond acceptors (Lipinski definition) is 7. The van der Waals surface area contributed by atoms with Gasteiger partial charge in [-0.05, 0) is 18.2 Å². The van der Waals surface area contributed by atoms with Gasteiger partial charge in [0.05, 0.1) is 17.0 Å². The second-order valence-electron chi connectivity index (χ2n) is 6.55. The summed E-state index contributed by atoms with van der Waals surface area (Å²) < 4.78 is 0. The highest BCUT2D eigenvalue weighted by Gasteiger charge is 2.23. The molecule has 8 nitrogen and oxygen atoms in total. The summed E-state index contributed by atoms with van der Waals surface area (Å²) in [6, 6.07) is 14.6. The number of hydrogen-bond donors (Lipinski definition) is 1. The van der Waals surface area contributed by atoms with Crippen molar-refractivity contribution < 1.29 is 4.92 Å². The van der Waals surface area contributed by atoms with Crippen molar-refractivity contribution >= 4 is 28.1 Å². The number of aromatic nitrogens is 2. The smallest absolute Gasteiger partial charge is 0.292 e. The van der Waals surface area contributed by atoms with Gasteiger partial charge in [0.25, 0.3) is 5.69 Å². The first-order valence-corrected chi connectivity index (χ1v) is 8.83. The molecule has 0 unspecified atom stereocenters. The van der Waals surface area contributed by atoms with Gasteiger partial charge >= 0.3 is 0 Å². The van der Waals surface area contributed by atoms with Crippen molar-refractivity contribution in [3.05, 3.63) is 64.5 Å². The molecule has 2 N–H and O–H groups in total. The van der Waals surface area contributed by atoms with E-state index in [1.54, 1.807) is 18.2 Å². The minimum atomic E-state index is -0.326. The predicted octanol–water partition coefficient (Wildman–Crippen LogP) is 2.44. The van der Waals surface area contributed by atoms with Crippen molar-refractivity contribution in [1.82, 2.24) is 14.9 Å². The summed E-state index contributed by atoms with van der Waals surface area (Å²) in [4.78, 5) is 24.3. The van der Waals surface area contributed by atoms with E-state index in [1.807, 2.05) is 30.3 Å². The lowest BCUT2D eigenvalue weighted by Crippen LogP contribution is -2.46. The van der Waals surface area contributed by atoms with E-state index in [0.29, 0.717) is 37.0 Å². The summed E-state index contributed by atoms with van der Waals surface area (Å²) in [5.74, 6) is 1.19. The lowest BCUT2D eigenvalue weighted by molar-refractivity contribution is -0.384. The Labute approximate surface area is 156 Å². The van der Waals surface area contributed by atoms with Crippen LogP contribution in [0, 0.1) is 10.1 Å². The molecule has 1 aliphatic heterocycles. The zero-order valence-electron chi connectivity index (χ0n) is 14.8. The summed E-state index contributed by atoms with van der Waals surface area (Å²) in [7, 11) is 0. The lowest BCUT2D eigenvalue weighted by atomic mass is 10.2. The van der Waals surface area contributed by atoms with E-state index in [4.69, 9.17) is 5.73 Å². The molecule has 0 bridgehead atoms. The SMILES string of the molecule is Nc1nc(CN2CCN(c3ccccc3[N+](=O)[O-])CC2)nc2ccccc12. The van der Waals surface area contributed by atoms with Crippen LogP contribution in [0.15, 0.2) is 48.5 Å². The maximum absolute atomic E-state index is 11.2. The summed E-state index contributed by atoms with van der Waals surface area (Å²) in [6.45, 7) is 3.60. The number of para-hydroxylation sites is 3. The Morgan fingerprint density at radius 2 is 1.70 bits per heavy atom. The number of anilines is 2. The van der Waals surface area contributed by atoms with E-state index in [1.165, 1.54) is 0 Å². The third-order valence-corrected chi connectivity index (χ3v) is 4.84. The van der Waals surface area contributed by atoms with Gasteiger partial charge < -0.3 is 10.6 Å². The van der Waals surface area contributed by atoms with E-state index in [-0.39, 0.29) is 10.6 Å². The fraction of sp³-hybridized carbons (Fsp3) is 0.263. The zero-order valence-corrected chi connectivity index (χ0v) is 14.8. The van der Waals surface area contributed by atoms with E-state index in [2.05, 4.69) is 19.8 Å². The molecule has 0 aliphatic carbocycles. The van der Waals surface area contributed by atoms with E-state index >= 15 is 0 Å².